The van der Waals surface area contributed by atoms with E-state index < -0.39 is 0 Å². The van der Waals surface area contributed by atoms with Crippen LogP contribution in [-0.2, 0) is 0 Å². The Morgan fingerprint density at radius 1 is 0.853 bits per heavy atom. The van der Waals surface area contributed by atoms with Gasteiger partial charge in [0.2, 0.25) is 5.95 Å². The number of halogens is 2. The molecule has 34 heavy (non-hydrogen) atoms. The molecular formula is C25H20Cl2N4O3. The van der Waals surface area contributed by atoms with Gasteiger partial charge in [-0.05, 0) is 36.4 Å². The Hall–Kier alpha value is -3.81. The minimum absolute atomic E-state index is 0.124. The first-order valence-electron chi connectivity index (χ1n) is 10.1. The molecule has 3 aromatic carbocycles. The summed E-state index contributed by atoms with van der Waals surface area (Å²) in [6.45, 7) is 0. The number of aromatic hydroxyl groups is 1. The van der Waals surface area contributed by atoms with Gasteiger partial charge in [-0.25, -0.2) is 15.4 Å². The first-order valence-corrected chi connectivity index (χ1v) is 10.9. The van der Waals surface area contributed by atoms with Crippen LogP contribution >= 0.6 is 23.2 Å². The number of methoxy groups -OCH3 is 2. The van der Waals surface area contributed by atoms with Gasteiger partial charge in [-0.1, -0.05) is 53.5 Å². The number of phenols is 1. The molecule has 0 saturated heterocycles. The molecule has 2 N–H and O–H groups in total. The fraction of sp³-hybridized carbons (Fsp3) is 0.0800. The first kappa shape index (κ1) is 23.4. The van der Waals surface area contributed by atoms with E-state index >= 15 is 0 Å². The second-order valence-electron chi connectivity index (χ2n) is 7.09. The predicted molar refractivity (Wildman–Crippen MR) is 135 cm³/mol. The van der Waals surface area contributed by atoms with Crippen molar-refractivity contribution in [1.82, 2.24) is 9.97 Å². The highest BCUT2D eigenvalue weighted by atomic mass is 35.5. The van der Waals surface area contributed by atoms with Crippen molar-refractivity contribution in [3.63, 3.8) is 0 Å². The topological polar surface area (TPSA) is 88.9 Å². The van der Waals surface area contributed by atoms with Crippen LogP contribution in [0.15, 0.2) is 71.8 Å². The van der Waals surface area contributed by atoms with Gasteiger partial charge in [0.05, 0.1) is 36.8 Å². The van der Waals surface area contributed by atoms with Gasteiger partial charge in [0.15, 0.2) is 11.5 Å². The van der Waals surface area contributed by atoms with Crippen molar-refractivity contribution in [3.8, 4) is 39.8 Å². The lowest BCUT2D eigenvalue weighted by molar-refractivity contribution is 0.355. The van der Waals surface area contributed by atoms with E-state index in [9.17, 15) is 5.11 Å². The Labute approximate surface area is 206 Å². The standard InChI is InChI=1S/C25H20Cl2N4O3/c1-33-22-9-8-16(11-23(22)34-2)21-13-20(15-6-4-3-5-7-15)29-25(30-21)31-28-14-17-10-18(26)12-19(27)24(17)32/h3-14,32H,1-2H3,(H,29,30,31). The second kappa shape index (κ2) is 10.4. The summed E-state index contributed by atoms with van der Waals surface area (Å²) in [7, 11) is 3.16. The summed E-state index contributed by atoms with van der Waals surface area (Å²) in [6.07, 6.45) is 1.39. The lowest BCUT2D eigenvalue weighted by atomic mass is 10.1. The molecule has 0 fully saturated rings. The van der Waals surface area contributed by atoms with Crippen molar-refractivity contribution < 1.29 is 14.6 Å². The summed E-state index contributed by atoms with van der Waals surface area (Å²) in [6, 6.07) is 20.1. The molecule has 4 rings (SSSR count). The van der Waals surface area contributed by atoms with Crippen molar-refractivity contribution in [2.24, 2.45) is 5.10 Å². The minimum Gasteiger partial charge on any atom is -0.506 e. The SMILES string of the molecule is COc1ccc(-c2cc(-c3ccccc3)nc(NN=Cc3cc(Cl)cc(Cl)c3O)n2)cc1OC. The highest BCUT2D eigenvalue weighted by Crippen LogP contribution is 2.33. The van der Waals surface area contributed by atoms with E-state index in [1.807, 2.05) is 54.6 Å². The monoisotopic (exact) mass is 494 g/mol. The molecule has 172 valence electrons. The van der Waals surface area contributed by atoms with Crippen LogP contribution in [0.5, 0.6) is 17.2 Å². The zero-order chi connectivity index (χ0) is 24.1. The van der Waals surface area contributed by atoms with E-state index in [-0.39, 0.29) is 16.7 Å². The molecule has 0 atom stereocenters. The summed E-state index contributed by atoms with van der Waals surface area (Å²) in [4.78, 5) is 9.19. The van der Waals surface area contributed by atoms with Gasteiger partial charge in [-0.15, -0.1) is 0 Å². The van der Waals surface area contributed by atoms with Crippen molar-refractivity contribution in [2.45, 2.75) is 0 Å². The molecule has 0 saturated carbocycles. The van der Waals surface area contributed by atoms with Crippen molar-refractivity contribution in [3.05, 3.63) is 82.3 Å². The molecule has 7 nitrogen and oxygen atoms in total. The number of hydrogen-bond acceptors (Lipinski definition) is 7. The van der Waals surface area contributed by atoms with Crippen molar-refractivity contribution in [2.75, 3.05) is 19.6 Å². The number of hydrogen-bond donors (Lipinski definition) is 2. The van der Waals surface area contributed by atoms with E-state index in [1.54, 1.807) is 20.3 Å². The van der Waals surface area contributed by atoms with Gasteiger partial charge in [-0.3, -0.25) is 0 Å². The third kappa shape index (κ3) is 5.22. The molecule has 0 aliphatic rings. The number of hydrazone groups is 1. The van der Waals surface area contributed by atoms with Gasteiger partial charge in [0.1, 0.15) is 5.75 Å². The highest BCUT2D eigenvalue weighted by Gasteiger charge is 2.12. The summed E-state index contributed by atoms with van der Waals surface area (Å²) >= 11 is 12.0. The first-order chi connectivity index (χ1) is 16.5. The number of nitrogens with one attached hydrogen (secondary N) is 1. The number of phenolic OH excluding ortho intramolecular Hbond substituents is 1. The van der Waals surface area contributed by atoms with E-state index in [0.29, 0.717) is 33.5 Å². The van der Waals surface area contributed by atoms with Crippen LogP contribution < -0.4 is 14.9 Å². The Kier molecular flexibility index (Phi) is 7.15. The number of anilines is 1. The van der Waals surface area contributed by atoms with E-state index in [0.717, 1.165) is 11.1 Å². The molecule has 0 bridgehead atoms. The summed E-state index contributed by atoms with van der Waals surface area (Å²) in [5.74, 6) is 1.34. The number of rotatable bonds is 7. The normalized spacial score (nSPS) is 10.9. The zero-order valence-electron chi connectivity index (χ0n) is 18.3. The third-order valence-electron chi connectivity index (χ3n) is 4.90. The molecular weight excluding hydrogens is 475 g/mol. The largest absolute Gasteiger partial charge is 0.506 e. The Bertz CT molecular complexity index is 1350. The van der Waals surface area contributed by atoms with Crippen molar-refractivity contribution >= 4 is 35.4 Å². The summed E-state index contributed by atoms with van der Waals surface area (Å²) in [5, 5.41) is 14.8. The quantitative estimate of drug-likeness (QED) is 0.232. The van der Waals surface area contributed by atoms with E-state index in [1.165, 1.54) is 12.3 Å². The van der Waals surface area contributed by atoms with E-state index in [4.69, 9.17) is 32.7 Å². The lowest BCUT2D eigenvalue weighted by Crippen LogP contribution is -2.01. The number of nitrogens with zero attached hydrogens (tertiary/aromatic N) is 3. The number of aromatic nitrogens is 2. The maximum atomic E-state index is 10.1. The summed E-state index contributed by atoms with van der Waals surface area (Å²) < 4.78 is 10.8. The van der Waals surface area contributed by atoms with Gasteiger partial charge < -0.3 is 14.6 Å². The number of benzene rings is 3. The molecule has 0 radical (unpaired) electrons. The zero-order valence-corrected chi connectivity index (χ0v) is 19.8. The van der Waals surface area contributed by atoms with Crippen LogP contribution in [0.1, 0.15) is 5.56 Å². The summed E-state index contributed by atoms with van der Waals surface area (Å²) in [5.41, 5.74) is 6.25. The molecule has 0 unspecified atom stereocenters. The molecule has 1 heterocycles. The Morgan fingerprint density at radius 2 is 1.56 bits per heavy atom. The van der Waals surface area contributed by atoms with Crippen LogP contribution in [-0.4, -0.2) is 35.5 Å². The van der Waals surface area contributed by atoms with Gasteiger partial charge in [0, 0.05) is 21.7 Å². The van der Waals surface area contributed by atoms with Crippen LogP contribution in [0.25, 0.3) is 22.5 Å². The van der Waals surface area contributed by atoms with Crippen LogP contribution in [0.3, 0.4) is 0 Å². The van der Waals surface area contributed by atoms with E-state index in [2.05, 4.69) is 20.5 Å². The molecule has 1 aromatic heterocycles. The molecule has 0 spiro atoms. The van der Waals surface area contributed by atoms with Crippen LogP contribution in [0, 0.1) is 0 Å². The van der Waals surface area contributed by atoms with Crippen LogP contribution in [0.4, 0.5) is 5.95 Å². The molecule has 0 aliphatic heterocycles. The second-order valence-corrected chi connectivity index (χ2v) is 7.94. The molecule has 9 heteroatoms. The molecule has 0 amide bonds. The average molecular weight is 495 g/mol. The Morgan fingerprint density at radius 3 is 2.26 bits per heavy atom. The average Bonchev–Trinajstić information content (AvgIpc) is 2.86. The van der Waals surface area contributed by atoms with Gasteiger partial charge >= 0.3 is 0 Å². The maximum Gasteiger partial charge on any atom is 0.244 e. The fourth-order valence-electron chi connectivity index (χ4n) is 3.24. The minimum atomic E-state index is -0.124. The van der Waals surface area contributed by atoms with Crippen molar-refractivity contribution in [1.29, 1.82) is 0 Å². The molecule has 4 aromatic rings. The molecule has 0 aliphatic carbocycles. The predicted octanol–water partition coefficient (Wildman–Crippen LogP) is 6.29. The lowest BCUT2D eigenvalue weighted by Gasteiger charge is -2.11. The fourth-order valence-corrected chi connectivity index (χ4v) is 3.75. The van der Waals surface area contributed by atoms with Gasteiger partial charge in [0.25, 0.3) is 0 Å². The van der Waals surface area contributed by atoms with Crippen LogP contribution in [0.2, 0.25) is 10.0 Å². The smallest absolute Gasteiger partial charge is 0.244 e. The maximum absolute atomic E-state index is 10.1. The number of ether oxygens (including phenoxy) is 2. The Balaban J connectivity index is 1.73. The third-order valence-corrected chi connectivity index (χ3v) is 5.41. The van der Waals surface area contributed by atoms with Gasteiger partial charge in [-0.2, -0.15) is 5.10 Å². The highest BCUT2D eigenvalue weighted by molar-refractivity contribution is 6.36.